The zero-order valence-corrected chi connectivity index (χ0v) is 15.1. The third-order valence-electron chi connectivity index (χ3n) is 3.60. The molecule has 0 saturated carbocycles. The fourth-order valence-electron chi connectivity index (χ4n) is 2.06. The van der Waals surface area contributed by atoms with Crippen LogP contribution in [0, 0.1) is 5.92 Å². The molecule has 0 saturated heterocycles. The summed E-state index contributed by atoms with van der Waals surface area (Å²) in [5, 5.41) is 6.53. The summed E-state index contributed by atoms with van der Waals surface area (Å²) in [5.41, 5.74) is 1.28. The minimum atomic E-state index is -0.161. The van der Waals surface area contributed by atoms with Gasteiger partial charge in [-0.1, -0.05) is 38.6 Å². The monoisotopic (exact) mass is 337 g/mol. The first-order valence-electron chi connectivity index (χ1n) is 8.00. The molecule has 7 heteroatoms. The van der Waals surface area contributed by atoms with Gasteiger partial charge in [0.2, 0.25) is 0 Å². The largest absolute Gasteiger partial charge is 0.350 e. The van der Waals surface area contributed by atoms with E-state index in [4.69, 9.17) is 0 Å². The average molecular weight is 337 g/mol. The van der Waals surface area contributed by atoms with Crippen molar-refractivity contribution in [3.05, 3.63) is 12.3 Å². The Morgan fingerprint density at radius 3 is 2.91 bits per heavy atom. The quantitative estimate of drug-likeness (QED) is 0.713. The molecule has 0 aliphatic carbocycles. The maximum Gasteiger partial charge on any atom is 0.276 e. The van der Waals surface area contributed by atoms with Crippen LogP contribution >= 0.6 is 11.8 Å². The summed E-state index contributed by atoms with van der Waals surface area (Å²) in [4.78, 5) is 25.1. The van der Waals surface area contributed by atoms with Gasteiger partial charge in [0, 0.05) is 6.54 Å². The maximum absolute atomic E-state index is 12.4. The molecular weight excluding hydrogens is 310 g/mol. The van der Waals surface area contributed by atoms with Gasteiger partial charge in [-0.2, -0.15) is 0 Å². The van der Waals surface area contributed by atoms with Crippen molar-refractivity contribution in [1.82, 2.24) is 10.6 Å². The Morgan fingerprint density at radius 1 is 1.48 bits per heavy atom. The third kappa shape index (κ3) is 7.09. The molecular formula is C16H27N5OS. The number of nitrogens with one attached hydrogen (secondary N) is 2. The molecule has 0 aromatic heterocycles. The molecule has 6 nitrogen and oxygen atoms in total. The number of amides is 1. The van der Waals surface area contributed by atoms with E-state index in [-0.39, 0.29) is 5.91 Å². The second-order valence-electron chi connectivity index (χ2n) is 5.24. The number of carbonyl (C=O) groups is 1. The second kappa shape index (κ2) is 11.1. The van der Waals surface area contributed by atoms with Gasteiger partial charge in [-0.05, 0) is 32.4 Å². The van der Waals surface area contributed by atoms with Crippen molar-refractivity contribution in [3.8, 4) is 0 Å². The van der Waals surface area contributed by atoms with E-state index in [1.165, 1.54) is 18.1 Å². The van der Waals surface area contributed by atoms with Crippen LogP contribution in [0.5, 0.6) is 0 Å². The average Bonchev–Trinajstić information content (AvgIpc) is 2.65. The highest BCUT2D eigenvalue weighted by Crippen LogP contribution is 2.13. The Kier molecular flexibility index (Phi) is 9.47. The van der Waals surface area contributed by atoms with Crippen LogP contribution in [0.25, 0.3) is 0 Å². The summed E-state index contributed by atoms with van der Waals surface area (Å²) in [6.45, 7) is 9.63. The van der Waals surface area contributed by atoms with E-state index in [0.717, 1.165) is 25.1 Å². The fourth-order valence-corrected chi connectivity index (χ4v) is 2.70. The number of thioether (sulfide) groups is 1. The van der Waals surface area contributed by atoms with Crippen molar-refractivity contribution in [1.29, 1.82) is 0 Å². The Bertz CT molecular complexity index is 499. The van der Waals surface area contributed by atoms with Gasteiger partial charge in [0.1, 0.15) is 6.34 Å². The van der Waals surface area contributed by atoms with E-state index in [1.807, 2.05) is 14.0 Å². The lowest BCUT2D eigenvalue weighted by molar-refractivity contribution is -0.114. The summed E-state index contributed by atoms with van der Waals surface area (Å²) in [5.74, 6) is 0.728. The van der Waals surface area contributed by atoms with Gasteiger partial charge < -0.3 is 10.6 Å². The Hall–Kier alpha value is -1.47. The molecule has 0 bridgehead atoms. The summed E-state index contributed by atoms with van der Waals surface area (Å²) >= 11 is 1.31. The van der Waals surface area contributed by atoms with Crippen molar-refractivity contribution >= 4 is 34.8 Å². The van der Waals surface area contributed by atoms with Crippen LogP contribution in [0.15, 0.2) is 27.3 Å². The molecule has 1 atom stereocenters. The van der Waals surface area contributed by atoms with Crippen molar-refractivity contribution in [2.45, 2.75) is 33.1 Å². The smallest absolute Gasteiger partial charge is 0.276 e. The van der Waals surface area contributed by atoms with Crippen molar-refractivity contribution in [3.63, 3.8) is 0 Å². The van der Waals surface area contributed by atoms with Gasteiger partial charge in [-0.15, -0.1) is 0 Å². The van der Waals surface area contributed by atoms with E-state index in [2.05, 4.69) is 39.1 Å². The third-order valence-corrected chi connectivity index (χ3v) is 4.43. The van der Waals surface area contributed by atoms with E-state index in [1.54, 1.807) is 0 Å². The van der Waals surface area contributed by atoms with E-state index < -0.39 is 0 Å². The SMILES string of the molecule is C=C1/N=C(/C(=O)NCC(CC)CCNC)SC/N=C\N=C/1CC. The van der Waals surface area contributed by atoms with Gasteiger partial charge >= 0.3 is 0 Å². The number of allylic oxidation sites excluding steroid dienone is 1. The summed E-state index contributed by atoms with van der Waals surface area (Å²) in [6.07, 6.45) is 4.29. The van der Waals surface area contributed by atoms with Gasteiger partial charge in [-0.25, -0.2) is 9.98 Å². The number of aliphatic imine (C=N–C) groups is 3. The molecule has 0 fully saturated rings. The normalized spacial score (nSPS) is 22.7. The van der Waals surface area contributed by atoms with Crippen molar-refractivity contribution in [2.75, 3.05) is 26.0 Å². The molecule has 128 valence electrons. The second-order valence-corrected chi connectivity index (χ2v) is 6.17. The summed E-state index contributed by atoms with van der Waals surface area (Å²) in [6, 6.07) is 0. The Balaban J connectivity index is 2.69. The van der Waals surface area contributed by atoms with Gasteiger partial charge in [-0.3, -0.25) is 9.79 Å². The van der Waals surface area contributed by atoms with Crippen LogP contribution in [0.3, 0.4) is 0 Å². The number of hydrogen-bond donors (Lipinski definition) is 2. The Labute approximate surface area is 143 Å². The topological polar surface area (TPSA) is 78.2 Å². The van der Waals surface area contributed by atoms with Crippen molar-refractivity contribution < 1.29 is 4.79 Å². The first-order valence-corrected chi connectivity index (χ1v) is 8.99. The fraction of sp³-hybridized carbons (Fsp3) is 0.625. The van der Waals surface area contributed by atoms with Gasteiger partial charge in [0.05, 0.1) is 17.3 Å². The molecule has 0 aromatic carbocycles. The highest BCUT2D eigenvalue weighted by molar-refractivity contribution is 8.15. The zero-order chi connectivity index (χ0) is 17.1. The minimum absolute atomic E-state index is 0.161. The van der Waals surface area contributed by atoms with Gasteiger partial charge in [0.25, 0.3) is 5.91 Å². The van der Waals surface area contributed by atoms with Crippen LogP contribution in [0.2, 0.25) is 0 Å². The molecule has 1 unspecified atom stereocenters. The maximum atomic E-state index is 12.4. The van der Waals surface area contributed by atoms with E-state index >= 15 is 0 Å². The lowest BCUT2D eigenvalue weighted by Crippen LogP contribution is -2.34. The molecule has 1 aliphatic rings. The number of hydrogen-bond acceptors (Lipinski definition) is 6. The molecule has 0 aromatic rings. The highest BCUT2D eigenvalue weighted by atomic mass is 32.2. The summed E-state index contributed by atoms with van der Waals surface area (Å²) in [7, 11) is 1.94. The first-order chi connectivity index (χ1) is 11.1. The molecule has 0 spiro atoms. The molecule has 1 amide bonds. The van der Waals surface area contributed by atoms with Crippen LogP contribution < -0.4 is 10.6 Å². The van der Waals surface area contributed by atoms with Crippen molar-refractivity contribution in [2.24, 2.45) is 20.9 Å². The molecule has 1 aliphatic heterocycles. The van der Waals surface area contributed by atoms with Crippen LogP contribution in [-0.2, 0) is 4.79 Å². The Morgan fingerprint density at radius 2 is 2.26 bits per heavy atom. The van der Waals surface area contributed by atoms with Crippen LogP contribution in [-0.4, -0.2) is 49.0 Å². The predicted molar refractivity (Wildman–Crippen MR) is 101 cm³/mol. The zero-order valence-electron chi connectivity index (χ0n) is 14.3. The number of rotatable bonds is 8. The standard InChI is InChI=1S/C16H27N5OS/c1-5-13(7-8-17-4)9-19-15(22)16-21-12(3)14(6-2)20-10-18-11-23-16/h10,13,17H,3,5-9,11H2,1-2,4H3,(H,19,22)/b18-10-,20-14-,21-16-. The van der Waals surface area contributed by atoms with E-state index in [0.29, 0.717) is 35.5 Å². The molecule has 0 radical (unpaired) electrons. The lowest BCUT2D eigenvalue weighted by atomic mass is 10.0. The molecule has 1 heterocycles. The molecule has 1 rings (SSSR count). The predicted octanol–water partition coefficient (Wildman–Crippen LogP) is 2.23. The van der Waals surface area contributed by atoms with Crippen LogP contribution in [0.1, 0.15) is 33.1 Å². The first kappa shape index (κ1) is 19.6. The van der Waals surface area contributed by atoms with Gasteiger partial charge in [0.15, 0.2) is 5.04 Å². The van der Waals surface area contributed by atoms with E-state index in [9.17, 15) is 4.79 Å². The highest BCUT2D eigenvalue weighted by Gasteiger charge is 2.16. The number of nitrogens with zero attached hydrogens (tertiary/aromatic N) is 3. The molecule has 23 heavy (non-hydrogen) atoms. The summed E-state index contributed by atoms with van der Waals surface area (Å²) < 4.78 is 0. The lowest BCUT2D eigenvalue weighted by Gasteiger charge is -2.15. The minimum Gasteiger partial charge on any atom is -0.350 e. The number of carbonyl (C=O) groups excluding carboxylic acids is 1. The van der Waals surface area contributed by atoms with Crippen LogP contribution in [0.4, 0.5) is 0 Å². The molecule has 2 N–H and O–H groups in total.